The zero-order valence-corrected chi connectivity index (χ0v) is 30.5. The standard InChI is InChI=1S/C37H40N6O8S2/c44-30(45)16-6-2-8-20-40-32(48)28(34(50)42(36(40)52)24-26-12-10-18-38-22-26)14-4-1-5-15-29-33(49)41(21-9-3-7-17-31(46)47)37(53)43(35(29)51)25-27-13-11-19-39-23-27/h1,4-5,10-15,18-19,22-23,50H,2-3,6-9,16-17,20-21,24-25H2,(H,44,45)(H,46,47)/b5-1+,14-4+,29-15+. The number of pyridine rings is 2. The molecule has 1 aliphatic heterocycles. The number of amides is 2. The second-order valence-corrected chi connectivity index (χ2v) is 12.9. The fourth-order valence-electron chi connectivity index (χ4n) is 5.54. The molecule has 1 saturated heterocycles. The molecule has 3 N–H and O–H groups in total. The Morgan fingerprint density at radius 2 is 1.30 bits per heavy atom. The summed E-state index contributed by atoms with van der Waals surface area (Å²) in [6.07, 6.45) is 16.6. The van der Waals surface area contributed by atoms with Crippen molar-refractivity contribution in [1.29, 1.82) is 0 Å². The van der Waals surface area contributed by atoms with Crippen molar-refractivity contribution < 1.29 is 34.5 Å². The third-order valence-corrected chi connectivity index (χ3v) is 9.15. The van der Waals surface area contributed by atoms with Crippen LogP contribution in [0.2, 0.25) is 0 Å². The Morgan fingerprint density at radius 3 is 1.89 bits per heavy atom. The number of aromatic nitrogens is 4. The molecule has 0 aliphatic carbocycles. The minimum atomic E-state index is -0.902. The lowest BCUT2D eigenvalue weighted by Gasteiger charge is -2.36. The molecule has 0 atom stereocenters. The maximum absolute atomic E-state index is 13.6. The maximum Gasteiger partial charge on any atom is 0.303 e. The van der Waals surface area contributed by atoms with Crippen molar-refractivity contribution in [2.75, 3.05) is 6.54 Å². The predicted octanol–water partition coefficient (Wildman–Crippen LogP) is 4.86. The van der Waals surface area contributed by atoms with E-state index in [2.05, 4.69) is 9.97 Å². The molecule has 0 spiro atoms. The first-order valence-corrected chi connectivity index (χ1v) is 17.8. The van der Waals surface area contributed by atoms with Gasteiger partial charge in [0, 0.05) is 50.7 Å². The Kier molecular flexibility index (Phi) is 15.0. The number of nitrogens with zero attached hydrogens (tertiary/aromatic N) is 6. The highest BCUT2D eigenvalue weighted by Gasteiger charge is 2.38. The average Bonchev–Trinajstić information content (AvgIpc) is 3.13. The van der Waals surface area contributed by atoms with Gasteiger partial charge >= 0.3 is 11.9 Å². The Hall–Kier alpha value is -5.61. The zero-order valence-electron chi connectivity index (χ0n) is 28.9. The van der Waals surface area contributed by atoms with Gasteiger partial charge in [0.2, 0.25) is 5.88 Å². The van der Waals surface area contributed by atoms with Gasteiger partial charge in [-0.05, 0) is 85.5 Å². The monoisotopic (exact) mass is 760 g/mol. The fourth-order valence-corrected chi connectivity index (χ4v) is 6.18. The number of carboxylic acids is 2. The Bertz CT molecular complexity index is 2030. The van der Waals surface area contributed by atoms with Crippen molar-refractivity contribution in [3.63, 3.8) is 0 Å². The number of hydrogen-bond donors (Lipinski definition) is 3. The van der Waals surface area contributed by atoms with Gasteiger partial charge in [-0.2, -0.15) is 0 Å². The van der Waals surface area contributed by atoms with Gasteiger partial charge in [-0.15, -0.1) is 0 Å². The number of aromatic hydroxyl groups is 1. The Balaban J connectivity index is 1.60. The topological polar surface area (TPSA) is 188 Å². The number of carboxylic acid groups (broad SMARTS) is 2. The Labute approximate surface area is 316 Å². The minimum absolute atomic E-state index is 0.00952. The van der Waals surface area contributed by atoms with Gasteiger partial charge in [0.05, 0.1) is 13.1 Å². The highest BCUT2D eigenvalue weighted by molar-refractivity contribution is 7.80. The lowest BCUT2D eigenvalue weighted by molar-refractivity contribution is -0.138. The molecule has 4 heterocycles. The number of allylic oxidation sites excluding steroid dienone is 4. The summed E-state index contributed by atoms with van der Waals surface area (Å²) in [6, 6.07) is 7.05. The molecule has 1 aliphatic rings. The molecular weight excluding hydrogens is 721 g/mol. The average molecular weight is 761 g/mol. The van der Waals surface area contributed by atoms with Gasteiger partial charge in [-0.3, -0.25) is 52.9 Å². The van der Waals surface area contributed by atoms with Gasteiger partial charge in [0.1, 0.15) is 11.1 Å². The van der Waals surface area contributed by atoms with Gasteiger partial charge in [0.25, 0.3) is 17.4 Å². The van der Waals surface area contributed by atoms with Crippen LogP contribution in [0.5, 0.6) is 5.88 Å². The summed E-state index contributed by atoms with van der Waals surface area (Å²) in [6.45, 7) is 0.625. The molecule has 278 valence electrons. The van der Waals surface area contributed by atoms with E-state index >= 15 is 0 Å². The van der Waals surface area contributed by atoms with E-state index in [-0.39, 0.29) is 65.9 Å². The van der Waals surface area contributed by atoms with Gasteiger partial charge in [-0.25, -0.2) is 0 Å². The number of hydrogen-bond acceptors (Lipinski definition) is 10. The van der Waals surface area contributed by atoms with Gasteiger partial charge in [0.15, 0.2) is 9.88 Å². The molecule has 0 bridgehead atoms. The Morgan fingerprint density at radius 1 is 0.717 bits per heavy atom. The quantitative estimate of drug-likeness (QED) is 0.0496. The molecule has 0 saturated carbocycles. The first kappa shape index (κ1) is 40.2. The van der Waals surface area contributed by atoms with Crippen molar-refractivity contribution in [1.82, 2.24) is 28.9 Å². The molecule has 3 aromatic heterocycles. The van der Waals surface area contributed by atoms with E-state index in [0.717, 1.165) is 5.56 Å². The number of rotatable bonds is 19. The van der Waals surface area contributed by atoms with Gasteiger partial charge < -0.3 is 15.3 Å². The van der Waals surface area contributed by atoms with Crippen LogP contribution in [0.4, 0.5) is 0 Å². The molecule has 3 aromatic rings. The summed E-state index contributed by atoms with van der Waals surface area (Å²) < 4.78 is 2.89. The number of thiocarbonyl (C=S) groups is 1. The van der Waals surface area contributed by atoms with E-state index in [4.69, 9.17) is 34.6 Å². The largest absolute Gasteiger partial charge is 0.494 e. The lowest BCUT2D eigenvalue weighted by Crippen LogP contribution is -2.56. The molecule has 0 unspecified atom stereocenters. The number of carbonyl (C=O) groups is 4. The highest BCUT2D eigenvalue weighted by Crippen LogP contribution is 2.22. The smallest absolute Gasteiger partial charge is 0.303 e. The van der Waals surface area contributed by atoms with E-state index in [0.29, 0.717) is 44.1 Å². The van der Waals surface area contributed by atoms with Crippen LogP contribution in [-0.4, -0.2) is 79.6 Å². The number of unbranched alkanes of at least 4 members (excludes halogenated alkanes) is 4. The van der Waals surface area contributed by atoms with E-state index in [1.54, 1.807) is 49.1 Å². The molecule has 16 heteroatoms. The summed E-state index contributed by atoms with van der Waals surface area (Å²) >= 11 is 11.2. The molecule has 4 rings (SSSR count). The first-order valence-electron chi connectivity index (χ1n) is 17.0. The van der Waals surface area contributed by atoms with Crippen LogP contribution in [-0.2, 0) is 38.8 Å². The maximum atomic E-state index is 13.6. The van der Waals surface area contributed by atoms with Crippen LogP contribution in [0, 0.1) is 4.77 Å². The third kappa shape index (κ3) is 11.2. The molecule has 0 radical (unpaired) electrons. The van der Waals surface area contributed by atoms with Crippen LogP contribution in [0.15, 0.2) is 83.7 Å². The zero-order chi connectivity index (χ0) is 38.3. The van der Waals surface area contributed by atoms with E-state index in [1.165, 1.54) is 49.3 Å². The van der Waals surface area contributed by atoms with Crippen LogP contribution >= 0.6 is 24.4 Å². The number of aliphatic carboxylic acids is 2. The second-order valence-electron chi connectivity index (χ2n) is 12.1. The van der Waals surface area contributed by atoms with E-state index in [9.17, 15) is 29.1 Å². The SMILES string of the molecule is O=C(O)CCCCCN1C(=O)\C(=C/C=C/C=C/c2c(O)n(Cc3cccnc3)c(=S)n(CCCCCC(=O)O)c2=O)C(=O)N(Cc2cccnc2)C1=S. The van der Waals surface area contributed by atoms with Crippen molar-refractivity contribution in [3.8, 4) is 5.88 Å². The number of carbonyl (C=O) groups excluding carboxylic acids is 2. The van der Waals surface area contributed by atoms with Crippen LogP contribution in [0.1, 0.15) is 68.1 Å². The fraction of sp³-hybridized carbons (Fsp3) is 0.324. The summed E-state index contributed by atoms with van der Waals surface area (Å²) in [5.41, 5.74) is 0.716. The summed E-state index contributed by atoms with van der Waals surface area (Å²) in [5, 5.41) is 29.2. The van der Waals surface area contributed by atoms with E-state index in [1.807, 2.05) is 0 Å². The third-order valence-electron chi connectivity index (χ3n) is 8.27. The molecular formula is C37H40N6O8S2. The normalized spacial score (nSPS) is 14.3. The van der Waals surface area contributed by atoms with Crippen LogP contribution < -0.4 is 5.56 Å². The van der Waals surface area contributed by atoms with Crippen LogP contribution in [0.25, 0.3) is 6.08 Å². The highest BCUT2D eigenvalue weighted by atomic mass is 32.1. The summed E-state index contributed by atoms with van der Waals surface area (Å²) in [5.74, 6) is -3.34. The molecule has 2 amide bonds. The van der Waals surface area contributed by atoms with Gasteiger partial charge in [-0.1, -0.05) is 43.2 Å². The predicted molar refractivity (Wildman–Crippen MR) is 202 cm³/mol. The lowest BCUT2D eigenvalue weighted by atomic mass is 10.1. The summed E-state index contributed by atoms with van der Waals surface area (Å²) in [4.78, 5) is 73.4. The van der Waals surface area contributed by atoms with E-state index < -0.39 is 29.3 Å². The minimum Gasteiger partial charge on any atom is -0.494 e. The second kappa shape index (κ2) is 19.8. The first-order chi connectivity index (χ1) is 25.5. The molecule has 53 heavy (non-hydrogen) atoms. The van der Waals surface area contributed by atoms with Crippen LogP contribution in [0.3, 0.4) is 0 Å². The van der Waals surface area contributed by atoms with Crippen molar-refractivity contribution in [2.24, 2.45) is 0 Å². The van der Waals surface area contributed by atoms with Crippen molar-refractivity contribution in [2.45, 2.75) is 71.0 Å². The summed E-state index contributed by atoms with van der Waals surface area (Å²) in [7, 11) is 0. The molecule has 0 aromatic carbocycles. The molecule has 1 fully saturated rings. The van der Waals surface area contributed by atoms with Crippen molar-refractivity contribution >= 4 is 59.4 Å². The van der Waals surface area contributed by atoms with Crippen molar-refractivity contribution in [3.05, 3.63) is 111 Å². The molecule has 14 nitrogen and oxygen atoms in total.